The number of halogens is 1. The number of fused-ring (bicyclic) bond motifs is 3. The molecule has 5 rings (SSSR count). The van der Waals surface area contributed by atoms with Gasteiger partial charge in [-0.15, -0.1) is 0 Å². The largest absolute Gasteiger partial charge is 0.368 e. The molecule has 1 saturated carbocycles. The summed E-state index contributed by atoms with van der Waals surface area (Å²) in [5.41, 5.74) is 1.88. The number of benzene rings is 1. The number of Topliss-reactive ketones (excluding diaryl/α,β-unsaturated/α-hetero) is 1. The fourth-order valence-electron chi connectivity index (χ4n) is 3.84. The molecule has 1 fully saturated rings. The lowest BCUT2D eigenvalue weighted by molar-refractivity contribution is -0.117. The van der Waals surface area contributed by atoms with Gasteiger partial charge in [-0.2, -0.15) is 0 Å². The number of pyridine rings is 2. The fraction of sp³-hybridized carbons (Fsp3) is 0.280. The molecule has 2 N–H and O–H groups in total. The number of carbonyl (C=O) groups excluding carboxylic acids is 2. The third-order valence-electron chi connectivity index (χ3n) is 5.60. The summed E-state index contributed by atoms with van der Waals surface area (Å²) in [7, 11) is 1.52. The maximum Gasteiger partial charge on any atom is 0.228 e. The maximum absolute atomic E-state index is 14.0. The van der Waals surface area contributed by atoms with Crippen molar-refractivity contribution in [2.45, 2.75) is 32.6 Å². The Morgan fingerprint density at radius 3 is 2.88 bits per heavy atom. The van der Waals surface area contributed by atoms with Crippen LogP contribution in [0.4, 0.5) is 27.3 Å². The van der Waals surface area contributed by atoms with Gasteiger partial charge in [0.1, 0.15) is 11.6 Å². The van der Waals surface area contributed by atoms with Crippen LogP contribution in [0.3, 0.4) is 0 Å². The van der Waals surface area contributed by atoms with Gasteiger partial charge in [-0.1, -0.05) is 19.0 Å². The van der Waals surface area contributed by atoms with Crippen molar-refractivity contribution < 1.29 is 20.8 Å². The predicted octanol–water partition coefficient (Wildman–Crippen LogP) is 4.92. The summed E-state index contributed by atoms with van der Waals surface area (Å²) in [5, 5.41) is 5.85. The molecule has 3 heterocycles. The van der Waals surface area contributed by atoms with E-state index in [9.17, 15) is 14.0 Å². The van der Waals surface area contributed by atoms with Crippen molar-refractivity contribution >= 4 is 34.6 Å². The number of para-hydroxylation sites is 1. The predicted molar refractivity (Wildman–Crippen MR) is 125 cm³/mol. The van der Waals surface area contributed by atoms with Crippen molar-refractivity contribution in [1.82, 2.24) is 9.97 Å². The monoisotopic (exact) mass is 450 g/mol. The molecule has 0 radical (unpaired) electrons. The SMILES string of the molecule is [2H]C([2H])([2H])CC(=O)c1cnc(NC(=O)C2CC2)cc1Nc1cccc2c1N(C)C([2H])([2H])c1cc(F)cnc1-2. The third kappa shape index (κ3) is 4.04. The molecule has 2 aliphatic rings. The zero-order valence-corrected chi connectivity index (χ0v) is 17.8. The average molecular weight is 451 g/mol. The van der Waals surface area contributed by atoms with E-state index in [0.29, 0.717) is 16.9 Å². The van der Waals surface area contributed by atoms with Crippen LogP contribution in [-0.2, 0) is 11.3 Å². The molecule has 0 saturated heterocycles. The van der Waals surface area contributed by atoms with Gasteiger partial charge in [0.2, 0.25) is 5.91 Å². The van der Waals surface area contributed by atoms with Crippen molar-refractivity contribution in [3.63, 3.8) is 0 Å². The Hall–Kier alpha value is -3.81. The van der Waals surface area contributed by atoms with Crippen LogP contribution in [0.25, 0.3) is 11.3 Å². The van der Waals surface area contributed by atoms with E-state index in [1.807, 2.05) is 0 Å². The first kappa shape index (κ1) is 15.9. The van der Waals surface area contributed by atoms with Gasteiger partial charge in [0.25, 0.3) is 0 Å². The minimum Gasteiger partial charge on any atom is -0.368 e. The summed E-state index contributed by atoms with van der Waals surface area (Å²) in [6, 6.07) is 7.66. The smallest absolute Gasteiger partial charge is 0.228 e. The molecule has 0 unspecified atom stereocenters. The second-order valence-corrected chi connectivity index (χ2v) is 8.03. The van der Waals surface area contributed by atoms with E-state index in [0.717, 1.165) is 25.1 Å². The van der Waals surface area contributed by atoms with Gasteiger partial charge in [0.05, 0.1) is 37.3 Å². The van der Waals surface area contributed by atoms with Crippen molar-refractivity contribution in [3.05, 3.63) is 59.7 Å². The maximum atomic E-state index is 14.0. The van der Waals surface area contributed by atoms with Gasteiger partial charge in [-0.05, 0) is 25.0 Å². The van der Waals surface area contributed by atoms with Crippen LogP contribution in [0.15, 0.2) is 42.7 Å². The number of hydrogen-bond donors (Lipinski definition) is 2. The Morgan fingerprint density at radius 1 is 1.24 bits per heavy atom. The number of nitrogens with zero attached hydrogens (tertiary/aromatic N) is 3. The molecule has 8 heteroatoms. The second kappa shape index (κ2) is 8.27. The zero-order valence-electron chi connectivity index (χ0n) is 22.8. The molecular formula is C25H24FN5O2. The number of ketones is 1. The molecule has 7 nitrogen and oxygen atoms in total. The Labute approximate surface area is 198 Å². The number of carbonyl (C=O) groups is 2. The molecule has 33 heavy (non-hydrogen) atoms. The highest BCUT2D eigenvalue weighted by molar-refractivity contribution is 6.03. The topological polar surface area (TPSA) is 87.2 Å². The molecule has 1 amide bonds. The molecule has 1 aliphatic heterocycles. The minimum absolute atomic E-state index is 0.00483. The Bertz CT molecular complexity index is 1460. The van der Waals surface area contributed by atoms with E-state index in [-0.39, 0.29) is 40.2 Å². The van der Waals surface area contributed by atoms with Crippen molar-refractivity contribution in [1.29, 1.82) is 0 Å². The number of amides is 1. The first-order valence-electron chi connectivity index (χ1n) is 13.0. The summed E-state index contributed by atoms with van der Waals surface area (Å²) < 4.78 is 53.8. The first-order valence-corrected chi connectivity index (χ1v) is 10.5. The summed E-state index contributed by atoms with van der Waals surface area (Å²) in [6.45, 7) is -4.61. The van der Waals surface area contributed by atoms with E-state index in [2.05, 4.69) is 20.6 Å². The molecular weight excluding hydrogens is 421 g/mol. The molecule has 168 valence electrons. The molecule has 3 aromatic rings. The molecule has 0 atom stereocenters. The van der Waals surface area contributed by atoms with E-state index < -0.39 is 31.4 Å². The van der Waals surface area contributed by atoms with Crippen molar-refractivity contribution in [2.75, 3.05) is 22.6 Å². The Balaban J connectivity index is 1.60. The van der Waals surface area contributed by atoms with Crippen LogP contribution in [0.1, 0.15) is 48.9 Å². The van der Waals surface area contributed by atoms with Crippen LogP contribution in [0, 0.1) is 11.7 Å². The highest BCUT2D eigenvalue weighted by Crippen LogP contribution is 2.43. The number of anilines is 4. The van der Waals surface area contributed by atoms with Crippen LogP contribution in [-0.4, -0.2) is 28.7 Å². The van der Waals surface area contributed by atoms with Gasteiger partial charge < -0.3 is 15.5 Å². The van der Waals surface area contributed by atoms with E-state index in [1.54, 1.807) is 18.2 Å². The summed E-state index contributed by atoms with van der Waals surface area (Å²) >= 11 is 0. The quantitative estimate of drug-likeness (QED) is 0.519. The standard InChI is InChI=1S/C25H24FN5O2/c1-3-21(32)18-12-27-22(30-25(33)14-7-8-14)10-20(18)29-19-6-4-5-17-23-15(9-16(26)11-28-23)13-31(2)24(17)19/h4-6,9-12,14H,3,7-8,13H2,1-2H3,(H2,27,29,30,33)/i1D3,13D2. The van der Waals surface area contributed by atoms with Gasteiger partial charge >= 0.3 is 0 Å². The van der Waals surface area contributed by atoms with Crippen molar-refractivity contribution in [3.8, 4) is 11.3 Å². The van der Waals surface area contributed by atoms with Crippen LogP contribution < -0.4 is 15.5 Å². The van der Waals surface area contributed by atoms with Crippen LogP contribution in [0.2, 0.25) is 0 Å². The highest BCUT2D eigenvalue weighted by atomic mass is 19.1. The Kier molecular flexibility index (Phi) is 3.99. The second-order valence-electron chi connectivity index (χ2n) is 8.03. The van der Waals surface area contributed by atoms with Gasteiger partial charge in [-0.25, -0.2) is 9.37 Å². The first-order chi connectivity index (χ1) is 17.8. The van der Waals surface area contributed by atoms with Gasteiger partial charge in [0, 0.05) is 53.4 Å². The molecule has 1 aliphatic carbocycles. The minimum atomic E-state index is -2.50. The normalized spacial score (nSPS) is 18.5. The molecule has 2 aromatic heterocycles. The number of hydrogen-bond acceptors (Lipinski definition) is 6. The van der Waals surface area contributed by atoms with E-state index in [4.69, 9.17) is 6.85 Å². The average Bonchev–Trinajstić information content (AvgIpc) is 3.67. The van der Waals surface area contributed by atoms with Crippen LogP contribution >= 0.6 is 0 Å². The molecule has 0 bridgehead atoms. The zero-order chi connectivity index (χ0) is 27.4. The fourth-order valence-corrected chi connectivity index (χ4v) is 3.84. The van der Waals surface area contributed by atoms with E-state index >= 15 is 0 Å². The molecule has 0 spiro atoms. The lowest BCUT2D eigenvalue weighted by Crippen LogP contribution is -2.23. The molecule has 1 aromatic carbocycles. The van der Waals surface area contributed by atoms with Crippen molar-refractivity contribution in [2.24, 2.45) is 5.92 Å². The Morgan fingerprint density at radius 2 is 2.09 bits per heavy atom. The van der Waals surface area contributed by atoms with Gasteiger partial charge in [-0.3, -0.25) is 14.6 Å². The van der Waals surface area contributed by atoms with Gasteiger partial charge in [0.15, 0.2) is 5.78 Å². The summed E-state index contributed by atoms with van der Waals surface area (Å²) in [4.78, 5) is 34.9. The summed E-state index contributed by atoms with van der Waals surface area (Å²) in [6.07, 6.45) is 3.10. The number of aromatic nitrogens is 2. The highest BCUT2D eigenvalue weighted by Gasteiger charge is 2.30. The van der Waals surface area contributed by atoms with Crippen LogP contribution in [0.5, 0.6) is 0 Å². The summed E-state index contributed by atoms with van der Waals surface area (Å²) in [5.74, 6) is -1.42. The number of nitrogens with one attached hydrogen (secondary N) is 2. The third-order valence-corrected chi connectivity index (χ3v) is 5.60. The lowest BCUT2D eigenvalue weighted by Gasteiger charge is -2.31. The lowest BCUT2D eigenvalue weighted by atomic mass is 9.97. The number of rotatable bonds is 6. The van der Waals surface area contributed by atoms with E-state index in [1.165, 1.54) is 24.2 Å².